The van der Waals surface area contributed by atoms with E-state index in [0.717, 1.165) is 10.2 Å². The summed E-state index contributed by atoms with van der Waals surface area (Å²) >= 11 is 1.34. The van der Waals surface area contributed by atoms with Crippen LogP contribution in [0.25, 0.3) is 21.3 Å². The van der Waals surface area contributed by atoms with Crippen molar-refractivity contribution in [2.75, 3.05) is 25.5 Å². The zero-order valence-electron chi connectivity index (χ0n) is 17.0. The highest BCUT2D eigenvalue weighted by Crippen LogP contribution is 2.31. The molecule has 0 bridgehead atoms. The number of nitrogens with one attached hydrogen (secondary N) is 1. The molecular formula is C20H19N5O5S2. The zero-order valence-corrected chi connectivity index (χ0v) is 18.6. The minimum absolute atomic E-state index is 0.0254. The van der Waals surface area contributed by atoms with Crippen LogP contribution in [0.3, 0.4) is 0 Å². The molecule has 0 spiro atoms. The number of hydrogen-bond acceptors (Lipinski definition) is 9. The van der Waals surface area contributed by atoms with Crippen LogP contribution in [0.15, 0.2) is 45.9 Å². The fraction of sp³-hybridized carbons (Fsp3) is 0.300. The molecule has 0 radical (unpaired) electrons. The molecule has 1 atom stereocenters. The Morgan fingerprint density at radius 3 is 2.97 bits per heavy atom. The second kappa shape index (κ2) is 8.11. The number of hydrogen-bond donors (Lipinski definition) is 1. The van der Waals surface area contributed by atoms with Crippen molar-refractivity contribution < 1.29 is 22.6 Å². The van der Waals surface area contributed by atoms with Crippen molar-refractivity contribution in [3.63, 3.8) is 0 Å². The van der Waals surface area contributed by atoms with Gasteiger partial charge in [0.2, 0.25) is 15.9 Å². The van der Waals surface area contributed by atoms with Crippen LogP contribution in [0.2, 0.25) is 0 Å². The first-order valence-electron chi connectivity index (χ1n) is 9.92. The maximum absolute atomic E-state index is 13.3. The van der Waals surface area contributed by atoms with Crippen molar-refractivity contribution in [3.8, 4) is 5.75 Å². The standard InChI is InChI=1S/C20H19N5O5S2/c1-29-13-7-8-14-16(10-13)31-20(21-14)22-19(26)12-4-3-9-25(11-12)32(27,28)17-6-2-5-15-18(17)24-30-23-15/h2,5-8,10,12H,3-4,9,11H2,1H3,(H,21,22,26)/t12-/m0/s1. The second-order valence-corrected chi connectivity index (χ2v) is 10.4. The maximum Gasteiger partial charge on any atom is 0.245 e. The zero-order chi connectivity index (χ0) is 22.3. The van der Waals surface area contributed by atoms with E-state index in [1.54, 1.807) is 19.2 Å². The van der Waals surface area contributed by atoms with Gasteiger partial charge in [0.05, 0.1) is 23.2 Å². The van der Waals surface area contributed by atoms with Crippen LogP contribution in [0.5, 0.6) is 5.75 Å². The van der Waals surface area contributed by atoms with Crippen molar-refractivity contribution in [2.45, 2.75) is 17.7 Å². The molecule has 2 aromatic carbocycles. The number of nitrogens with zero attached hydrogens (tertiary/aromatic N) is 4. The molecule has 10 nitrogen and oxygen atoms in total. The van der Waals surface area contributed by atoms with Gasteiger partial charge in [-0.2, -0.15) is 4.31 Å². The van der Waals surface area contributed by atoms with Crippen molar-refractivity contribution in [2.24, 2.45) is 5.92 Å². The molecule has 1 fully saturated rings. The number of carbonyl (C=O) groups excluding carboxylic acids is 1. The number of anilines is 1. The van der Waals surface area contributed by atoms with Gasteiger partial charge >= 0.3 is 0 Å². The number of piperidine rings is 1. The van der Waals surface area contributed by atoms with E-state index in [4.69, 9.17) is 9.37 Å². The molecular weight excluding hydrogens is 454 g/mol. The second-order valence-electron chi connectivity index (χ2n) is 7.43. The summed E-state index contributed by atoms with van der Waals surface area (Å²) in [7, 11) is -2.27. The summed E-state index contributed by atoms with van der Waals surface area (Å²) in [5, 5.41) is 10.8. The molecule has 1 aliphatic heterocycles. The molecule has 1 amide bonds. The highest BCUT2D eigenvalue weighted by Gasteiger charge is 2.35. The molecule has 1 saturated heterocycles. The lowest BCUT2D eigenvalue weighted by Crippen LogP contribution is -2.43. The van der Waals surface area contributed by atoms with Gasteiger partial charge in [0, 0.05) is 13.1 Å². The van der Waals surface area contributed by atoms with E-state index in [2.05, 4.69) is 20.6 Å². The Morgan fingerprint density at radius 2 is 2.12 bits per heavy atom. The fourth-order valence-electron chi connectivity index (χ4n) is 3.80. The van der Waals surface area contributed by atoms with Crippen LogP contribution in [-0.2, 0) is 14.8 Å². The number of ether oxygens (including phenoxy) is 1. The number of fused-ring (bicyclic) bond motifs is 2. The first-order valence-corrected chi connectivity index (χ1v) is 12.2. The normalized spacial score (nSPS) is 17.6. The minimum Gasteiger partial charge on any atom is -0.497 e. The molecule has 32 heavy (non-hydrogen) atoms. The summed E-state index contributed by atoms with van der Waals surface area (Å²) in [6.45, 7) is 0.406. The van der Waals surface area contributed by atoms with E-state index in [9.17, 15) is 13.2 Å². The number of benzene rings is 2. The van der Waals surface area contributed by atoms with Gasteiger partial charge in [0.1, 0.15) is 16.2 Å². The predicted molar refractivity (Wildman–Crippen MR) is 118 cm³/mol. The van der Waals surface area contributed by atoms with Gasteiger partial charge in [-0.05, 0) is 53.5 Å². The number of carbonyl (C=O) groups is 1. The summed E-state index contributed by atoms with van der Waals surface area (Å²) in [4.78, 5) is 17.4. The molecule has 0 unspecified atom stereocenters. The van der Waals surface area contributed by atoms with E-state index in [-0.39, 0.29) is 22.9 Å². The third-order valence-corrected chi connectivity index (χ3v) is 8.28. The number of amides is 1. The monoisotopic (exact) mass is 473 g/mol. The van der Waals surface area contributed by atoms with Gasteiger partial charge in [-0.25, -0.2) is 18.0 Å². The summed E-state index contributed by atoms with van der Waals surface area (Å²) in [5.41, 5.74) is 1.31. The van der Waals surface area contributed by atoms with E-state index in [1.807, 2.05) is 18.2 Å². The SMILES string of the molecule is COc1ccc2nc(NC(=O)[C@H]3CCCN(S(=O)(=O)c4cccc5nonc45)C3)sc2c1. The van der Waals surface area contributed by atoms with Crippen LogP contribution in [0, 0.1) is 5.92 Å². The first-order chi connectivity index (χ1) is 15.5. The number of aromatic nitrogens is 3. The fourth-order valence-corrected chi connectivity index (χ4v) is 6.35. The highest BCUT2D eigenvalue weighted by molar-refractivity contribution is 7.89. The number of methoxy groups -OCH3 is 1. The third-order valence-electron chi connectivity index (χ3n) is 5.45. The lowest BCUT2D eigenvalue weighted by atomic mass is 9.99. The maximum atomic E-state index is 13.3. The molecule has 0 saturated carbocycles. The Balaban J connectivity index is 1.34. The Hall–Kier alpha value is -3.09. The largest absolute Gasteiger partial charge is 0.497 e. The Morgan fingerprint density at radius 1 is 1.25 bits per heavy atom. The summed E-state index contributed by atoms with van der Waals surface area (Å²) < 4.78 is 38.7. The summed E-state index contributed by atoms with van der Waals surface area (Å²) in [6, 6.07) is 10.2. The average Bonchev–Trinajstić information content (AvgIpc) is 3.44. The number of thiazole rings is 1. The van der Waals surface area contributed by atoms with Gasteiger partial charge in [-0.1, -0.05) is 17.4 Å². The Labute approximate surface area is 187 Å². The van der Waals surface area contributed by atoms with Crippen molar-refractivity contribution in [3.05, 3.63) is 36.4 Å². The quantitative estimate of drug-likeness (QED) is 0.469. The summed E-state index contributed by atoms with van der Waals surface area (Å²) in [6.07, 6.45) is 1.16. The number of rotatable bonds is 5. The van der Waals surface area contributed by atoms with Crippen molar-refractivity contribution >= 4 is 53.6 Å². The van der Waals surface area contributed by atoms with E-state index < -0.39 is 15.9 Å². The van der Waals surface area contributed by atoms with Gasteiger partial charge in [0.15, 0.2) is 10.6 Å². The average molecular weight is 474 g/mol. The molecule has 1 N–H and O–H groups in total. The molecule has 3 heterocycles. The van der Waals surface area contributed by atoms with Gasteiger partial charge in [0.25, 0.3) is 0 Å². The first kappa shape index (κ1) is 20.8. The highest BCUT2D eigenvalue weighted by atomic mass is 32.2. The van der Waals surface area contributed by atoms with Crippen LogP contribution in [0.1, 0.15) is 12.8 Å². The minimum atomic E-state index is -3.86. The molecule has 4 aromatic rings. The molecule has 5 rings (SSSR count). The van der Waals surface area contributed by atoms with E-state index >= 15 is 0 Å². The van der Waals surface area contributed by atoms with Gasteiger partial charge in [-0.3, -0.25) is 4.79 Å². The number of sulfonamides is 1. The van der Waals surface area contributed by atoms with E-state index in [1.165, 1.54) is 21.7 Å². The van der Waals surface area contributed by atoms with Crippen LogP contribution < -0.4 is 10.1 Å². The van der Waals surface area contributed by atoms with Crippen molar-refractivity contribution in [1.29, 1.82) is 0 Å². The van der Waals surface area contributed by atoms with Gasteiger partial charge < -0.3 is 10.1 Å². The molecule has 12 heteroatoms. The van der Waals surface area contributed by atoms with Gasteiger partial charge in [-0.15, -0.1) is 0 Å². The smallest absolute Gasteiger partial charge is 0.245 e. The Bertz CT molecular complexity index is 1410. The van der Waals surface area contributed by atoms with E-state index in [0.29, 0.717) is 35.8 Å². The lowest BCUT2D eigenvalue weighted by Gasteiger charge is -2.31. The third kappa shape index (κ3) is 3.70. The molecule has 1 aliphatic rings. The van der Waals surface area contributed by atoms with Crippen LogP contribution in [-0.4, -0.2) is 54.1 Å². The topological polar surface area (TPSA) is 128 Å². The van der Waals surface area contributed by atoms with Crippen LogP contribution >= 0.6 is 11.3 Å². The van der Waals surface area contributed by atoms with Crippen molar-refractivity contribution in [1.82, 2.24) is 19.6 Å². The lowest BCUT2D eigenvalue weighted by molar-refractivity contribution is -0.120. The molecule has 166 valence electrons. The molecule has 0 aliphatic carbocycles. The van der Waals surface area contributed by atoms with Crippen LogP contribution in [0.4, 0.5) is 5.13 Å². The molecule has 2 aromatic heterocycles. The predicted octanol–water partition coefficient (Wildman–Crippen LogP) is 2.88. The summed E-state index contributed by atoms with van der Waals surface area (Å²) in [5.74, 6) is -0.0311. The Kier molecular flexibility index (Phi) is 5.27.